The Balaban J connectivity index is 1.26. The second-order valence-electron chi connectivity index (χ2n) is 7.12. The molecule has 1 aromatic heterocycles. The Labute approximate surface area is 191 Å². The van der Waals surface area contributed by atoms with E-state index in [0.29, 0.717) is 41.5 Å². The maximum absolute atomic E-state index is 13.5. The molecule has 2 aromatic carbocycles. The summed E-state index contributed by atoms with van der Waals surface area (Å²) in [6.07, 6.45) is 1.26. The second kappa shape index (κ2) is 9.38. The van der Waals surface area contributed by atoms with E-state index in [1.54, 1.807) is 17.0 Å². The van der Waals surface area contributed by atoms with Crippen LogP contribution in [0.5, 0.6) is 5.75 Å². The van der Waals surface area contributed by atoms with Crippen molar-refractivity contribution in [3.05, 3.63) is 57.3 Å². The topological polar surface area (TPSA) is 71.5 Å². The van der Waals surface area contributed by atoms with Crippen LogP contribution in [-0.4, -0.2) is 47.4 Å². The normalized spacial score (nSPS) is 14.6. The summed E-state index contributed by atoms with van der Waals surface area (Å²) in [7, 11) is 0. The predicted molar refractivity (Wildman–Crippen MR) is 119 cm³/mol. The van der Waals surface area contributed by atoms with Crippen LogP contribution in [0.1, 0.15) is 22.6 Å². The lowest BCUT2D eigenvalue weighted by Gasteiger charge is -2.32. The number of carbonyl (C=O) groups excluding carboxylic acids is 2. The Morgan fingerprint density at radius 3 is 2.71 bits per heavy atom. The summed E-state index contributed by atoms with van der Waals surface area (Å²) in [6, 6.07) is 9.34. The number of halogens is 3. The first-order valence-electron chi connectivity index (χ1n) is 9.61. The molecule has 10 heteroatoms. The number of carbonyl (C=O) groups is 2. The molecule has 1 saturated heterocycles. The lowest BCUT2D eigenvalue weighted by molar-refractivity contribution is -0.134. The molecule has 0 atom stereocenters. The standard InChI is InChI=1S/C21H18Cl2FN3O3S/c22-12-1-4-18-17(9-12)26-21(31-18)20(29)25-13-5-7-27(8-6-13)19(28)11-30-14-2-3-15(23)16(24)10-14/h1-4,9-10,13H,5-8,11H2,(H,25,29). The molecule has 0 spiro atoms. The van der Waals surface area contributed by atoms with Gasteiger partial charge in [-0.25, -0.2) is 9.37 Å². The number of benzene rings is 2. The van der Waals surface area contributed by atoms with Crippen LogP contribution in [0.25, 0.3) is 10.2 Å². The molecule has 0 bridgehead atoms. The molecular formula is C21H18Cl2FN3O3S. The summed E-state index contributed by atoms with van der Waals surface area (Å²) in [4.78, 5) is 31.0. The smallest absolute Gasteiger partial charge is 0.280 e. The first-order valence-corrected chi connectivity index (χ1v) is 11.2. The molecule has 0 saturated carbocycles. The molecule has 2 heterocycles. The molecule has 0 aliphatic carbocycles. The lowest BCUT2D eigenvalue weighted by atomic mass is 10.1. The molecule has 6 nitrogen and oxygen atoms in total. The number of aromatic nitrogens is 1. The van der Waals surface area contributed by atoms with E-state index >= 15 is 0 Å². The van der Waals surface area contributed by atoms with Gasteiger partial charge in [0, 0.05) is 30.2 Å². The van der Waals surface area contributed by atoms with Gasteiger partial charge >= 0.3 is 0 Å². The third-order valence-electron chi connectivity index (χ3n) is 4.98. The van der Waals surface area contributed by atoms with Gasteiger partial charge in [0.15, 0.2) is 11.6 Å². The van der Waals surface area contributed by atoms with Gasteiger partial charge in [-0.3, -0.25) is 9.59 Å². The van der Waals surface area contributed by atoms with E-state index in [4.69, 9.17) is 27.9 Å². The third kappa shape index (κ3) is 5.26. The number of likely N-dealkylation sites (tertiary alicyclic amines) is 1. The Bertz CT molecular complexity index is 1130. The average molecular weight is 482 g/mol. The van der Waals surface area contributed by atoms with Gasteiger partial charge in [0.1, 0.15) is 11.6 Å². The summed E-state index contributed by atoms with van der Waals surface area (Å²) in [6.45, 7) is 0.807. The van der Waals surface area contributed by atoms with Crippen molar-refractivity contribution >= 4 is 56.6 Å². The number of hydrogen-bond acceptors (Lipinski definition) is 5. The molecule has 3 aromatic rings. The quantitative estimate of drug-likeness (QED) is 0.580. The number of rotatable bonds is 5. The summed E-state index contributed by atoms with van der Waals surface area (Å²) >= 11 is 12.9. The Morgan fingerprint density at radius 1 is 1.19 bits per heavy atom. The number of nitrogens with zero attached hydrogens (tertiary/aromatic N) is 2. The van der Waals surface area contributed by atoms with Gasteiger partial charge in [-0.05, 0) is 43.2 Å². The minimum absolute atomic E-state index is 0.00237. The maximum Gasteiger partial charge on any atom is 0.280 e. The second-order valence-corrected chi connectivity index (χ2v) is 9.00. The van der Waals surface area contributed by atoms with E-state index in [0.717, 1.165) is 10.8 Å². The van der Waals surface area contributed by atoms with Crippen LogP contribution in [0, 0.1) is 5.82 Å². The minimum Gasteiger partial charge on any atom is -0.484 e. The average Bonchev–Trinajstić information content (AvgIpc) is 3.18. The lowest BCUT2D eigenvalue weighted by Crippen LogP contribution is -2.47. The minimum atomic E-state index is -0.598. The molecule has 0 unspecified atom stereocenters. The van der Waals surface area contributed by atoms with E-state index < -0.39 is 5.82 Å². The van der Waals surface area contributed by atoms with Crippen molar-refractivity contribution in [2.75, 3.05) is 19.7 Å². The van der Waals surface area contributed by atoms with E-state index in [2.05, 4.69) is 10.3 Å². The molecule has 31 heavy (non-hydrogen) atoms. The van der Waals surface area contributed by atoms with Gasteiger partial charge in [0.05, 0.1) is 15.2 Å². The zero-order valence-corrected chi connectivity index (χ0v) is 18.6. The largest absolute Gasteiger partial charge is 0.484 e. The van der Waals surface area contributed by atoms with Crippen molar-refractivity contribution in [1.29, 1.82) is 0 Å². The van der Waals surface area contributed by atoms with Gasteiger partial charge in [0.25, 0.3) is 11.8 Å². The summed E-state index contributed by atoms with van der Waals surface area (Å²) in [5.41, 5.74) is 0.698. The van der Waals surface area contributed by atoms with Crippen LogP contribution in [0.15, 0.2) is 36.4 Å². The molecule has 162 valence electrons. The van der Waals surface area contributed by atoms with Gasteiger partial charge in [-0.1, -0.05) is 23.2 Å². The number of amides is 2. The fraction of sp³-hybridized carbons (Fsp3) is 0.286. The molecule has 1 aliphatic rings. The van der Waals surface area contributed by atoms with Crippen LogP contribution in [0.4, 0.5) is 4.39 Å². The van der Waals surface area contributed by atoms with Gasteiger partial charge in [0.2, 0.25) is 0 Å². The number of fused-ring (bicyclic) bond motifs is 1. The molecule has 4 rings (SSSR count). The van der Waals surface area contributed by atoms with Crippen molar-refractivity contribution < 1.29 is 18.7 Å². The number of hydrogen-bond donors (Lipinski definition) is 1. The Hall–Kier alpha value is -2.42. The summed E-state index contributed by atoms with van der Waals surface area (Å²) in [5, 5.41) is 3.95. The Morgan fingerprint density at radius 2 is 1.97 bits per heavy atom. The van der Waals surface area contributed by atoms with Crippen molar-refractivity contribution in [2.24, 2.45) is 0 Å². The van der Waals surface area contributed by atoms with Gasteiger partial charge in [-0.2, -0.15) is 0 Å². The van der Waals surface area contributed by atoms with Crippen molar-refractivity contribution in [3.63, 3.8) is 0 Å². The fourth-order valence-electron chi connectivity index (χ4n) is 3.32. The number of ether oxygens (including phenoxy) is 1. The monoisotopic (exact) mass is 481 g/mol. The molecule has 0 radical (unpaired) electrons. The van der Waals surface area contributed by atoms with E-state index in [1.807, 2.05) is 6.07 Å². The fourth-order valence-corrected chi connectivity index (χ4v) is 4.45. The highest BCUT2D eigenvalue weighted by atomic mass is 35.5. The van der Waals surface area contributed by atoms with E-state index in [9.17, 15) is 14.0 Å². The predicted octanol–water partition coefficient (Wildman–Crippen LogP) is 4.54. The highest BCUT2D eigenvalue weighted by molar-refractivity contribution is 7.20. The number of thiazole rings is 1. The zero-order valence-electron chi connectivity index (χ0n) is 16.2. The highest BCUT2D eigenvalue weighted by Crippen LogP contribution is 2.25. The van der Waals surface area contributed by atoms with Crippen LogP contribution < -0.4 is 10.1 Å². The first-order chi connectivity index (χ1) is 14.9. The Kier molecular flexibility index (Phi) is 6.60. The van der Waals surface area contributed by atoms with Crippen LogP contribution in [-0.2, 0) is 4.79 Å². The van der Waals surface area contributed by atoms with Crippen LogP contribution in [0.3, 0.4) is 0 Å². The van der Waals surface area contributed by atoms with Crippen molar-refractivity contribution in [2.45, 2.75) is 18.9 Å². The SMILES string of the molecule is O=C(NC1CCN(C(=O)COc2ccc(Cl)c(F)c2)CC1)c1nc2cc(Cl)ccc2s1. The van der Waals surface area contributed by atoms with Crippen molar-refractivity contribution in [1.82, 2.24) is 15.2 Å². The van der Waals surface area contributed by atoms with Gasteiger partial charge < -0.3 is 15.0 Å². The summed E-state index contributed by atoms with van der Waals surface area (Å²) in [5.74, 6) is -0.771. The third-order valence-corrected chi connectivity index (χ3v) is 6.56. The van der Waals surface area contributed by atoms with Crippen molar-refractivity contribution in [3.8, 4) is 5.75 Å². The molecular weight excluding hydrogens is 464 g/mol. The van der Waals surface area contributed by atoms with Gasteiger partial charge in [-0.15, -0.1) is 11.3 Å². The summed E-state index contributed by atoms with van der Waals surface area (Å²) < 4.78 is 19.7. The molecule has 1 fully saturated rings. The van der Waals surface area contributed by atoms with E-state index in [-0.39, 0.29) is 35.2 Å². The zero-order chi connectivity index (χ0) is 22.0. The number of nitrogens with one attached hydrogen (secondary N) is 1. The number of piperidine rings is 1. The molecule has 1 aliphatic heterocycles. The van der Waals surface area contributed by atoms with Crippen LogP contribution >= 0.6 is 34.5 Å². The maximum atomic E-state index is 13.5. The highest BCUT2D eigenvalue weighted by Gasteiger charge is 2.25. The van der Waals surface area contributed by atoms with E-state index in [1.165, 1.54) is 23.5 Å². The van der Waals surface area contributed by atoms with Crippen LogP contribution in [0.2, 0.25) is 10.0 Å². The molecule has 1 N–H and O–H groups in total. The first kappa shape index (κ1) is 21.8. The molecule has 2 amide bonds.